The number of amides is 1. The molecular weight excluding hydrogens is 238 g/mol. The Balaban J connectivity index is 0.00000108. The summed E-state index contributed by atoms with van der Waals surface area (Å²) in [6, 6.07) is 11.7. The Labute approximate surface area is 103 Å². The number of nitrogens with two attached hydrogens (primary N) is 1. The lowest BCUT2D eigenvalue weighted by Gasteiger charge is -1.97. The summed E-state index contributed by atoms with van der Waals surface area (Å²) >= 11 is 0. The van der Waals surface area contributed by atoms with E-state index in [1.54, 1.807) is 0 Å². The minimum absolute atomic E-state index is 0. The summed E-state index contributed by atoms with van der Waals surface area (Å²) in [5, 5.41) is 9.70. The highest BCUT2D eigenvalue weighted by molar-refractivity contribution is 6.12. The van der Waals surface area contributed by atoms with Gasteiger partial charge in [-0.05, 0) is 11.5 Å². The van der Waals surface area contributed by atoms with Crippen LogP contribution in [0.25, 0.3) is 21.7 Å². The lowest BCUT2D eigenvalue weighted by molar-refractivity contribution is 0.0997. The third kappa shape index (κ3) is 1.62. The summed E-state index contributed by atoms with van der Waals surface area (Å²) in [6.07, 6.45) is 0. The second-order valence-corrected chi connectivity index (χ2v) is 3.65. The predicted molar refractivity (Wildman–Crippen MR) is 69.4 cm³/mol. The van der Waals surface area contributed by atoms with E-state index in [0.717, 1.165) is 21.7 Å². The lowest BCUT2D eigenvalue weighted by atomic mass is 10.1. The van der Waals surface area contributed by atoms with Gasteiger partial charge < -0.3 is 5.73 Å². The van der Waals surface area contributed by atoms with Gasteiger partial charge in [-0.1, -0.05) is 30.3 Å². The standard InChI is InChI=1S/C12H9N3O.ClH/c13-12(16)11-9-6-5-7-3-1-2-4-8(7)10(9)14-15-11;/h1-6H,(H2,13,16)(H,14,15);1H. The first-order valence-corrected chi connectivity index (χ1v) is 4.93. The van der Waals surface area contributed by atoms with Gasteiger partial charge in [-0.25, -0.2) is 0 Å². The van der Waals surface area contributed by atoms with Crippen molar-refractivity contribution in [2.75, 3.05) is 0 Å². The zero-order chi connectivity index (χ0) is 11.1. The summed E-state index contributed by atoms with van der Waals surface area (Å²) in [5.74, 6) is -0.488. The second kappa shape index (κ2) is 4.07. The van der Waals surface area contributed by atoms with Crippen molar-refractivity contribution >= 4 is 40.0 Å². The van der Waals surface area contributed by atoms with E-state index in [9.17, 15) is 4.79 Å². The molecule has 3 N–H and O–H groups in total. The molecule has 4 nitrogen and oxygen atoms in total. The summed E-state index contributed by atoms with van der Waals surface area (Å²) in [4.78, 5) is 11.2. The molecule has 0 aliphatic rings. The van der Waals surface area contributed by atoms with Crippen LogP contribution in [0.15, 0.2) is 36.4 Å². The van der Waals surface area contributed by atoms with Crippen LogP contribution in [0.1, 0.15) is 10.5 Å². The Kier molecular flexibility index (Phi) is 2.73. The number of H-pyrrole nitrogens is 1. The average molecular weight is 248 g/mol. The molecule has 86 valence electrons. The highest BCUT2D eigenvalue weighted by Gasteiger charge is 2.11. The van der Waals surface area contributed by atoms with Crippen molar-refractivity contribution < 1.29 is 4.79 Å². The number of halogens is 1. The molecule has 0 aliphatic carbocycles. The zero-order valence-electron chi connectivity index (χ0n) is 8.81. The Morgan fingerprint density at radius 1 is 1.12 bits per heavy atom. The van der Waals surface area contributed by atoms with Crippen LogP contribution in [-0.2, 0) is 0 Å². The van der Waals surface area contributed by atoms with Gasteiger partial charge in [0.15, 0.2) is 0 Å². The molecule has 1 aromatic heterocycles. The number of carbonyl (C=O) groups is 1. The first-order valence-electron chi connectivity index (χ1n) is 4.93. The van der Waals surface area contributed by atoms with Crippen LogP contribution in [0, 0.1) is 0 Å². The predicted octanol–water partition coefficient (Wildman–Crippen LogP) is 2.24. The van der Waals surface area contributed by atoms with E-state index in [0.29, 0.717) is 5.69 Å². The lowest BCUT2D eigenvalue weighted by Crippen LogP contribution is -2.11. The van der Waals surface area contributed by atoms with Crippen molar-refractivity contribution in [1.82, 2.24) is 10.2 Å². The van der Waals surface area contributed by atoms with E-state index in [-0.39, 0.29) is 12.4 Å². The number of aromatic nitrogens is 2. The Morgan fingerprint density at radius 3 is 2.65 bits per heavy atom. The summed E-state index contributed by atoms with van der Waals surface area (Å²) < 4.78 is 0. The van der Waals surface area contributed by atoms with Gasteiger partial charge in [0.05, 0.1) is 0 Å². The molecule has 17 heavy (non-hydrogen) atoms. The van der Waals surface area contributed by atoms with Gasteiger partial charge in [0.25, 0.3) is 5.91 Å². The molecule has 1 amide bonds. The van der Waals surface area contributed by atoms with Gasteiger partial charge in [-0.15, -0.1) is 12.4 Å². The largest absolute Gasteiger partial charge is 0.364 e. The van der Waals surface area contributed by atoms with Gasteiger partial charge in [-0.2, -0.15) is 5.10 Å². The van der Waals surface area contributed by atoms with Crippen molar-refractivity contribution in [3.63, 3.8) is 0 Å². The minimum Gasteiger partial charge on any atom is -0.364 e. The van der Waals surface area contributed by atoms with Crippen molar-refractivity contribution in [1.29, 1.82) is 0 Å². The van der Waals surface area contributed by atoms with Gasteiger partial charge >= 0.3 is 0 Å². The van der Waals surface area contributed by atoms with Crippen molar-refractivity contribution in [2.45, 2.75) is 0 Å². The highest BCUT2D eigenvalue weighted by Crippen LogP contribution is 2.25. The van der Waals surface area contributed by atoms with Crippen LogP contribution in [0.2, 0.25) is 0 Å². The maximum absolute atomic E-state index is 11.2. The van der Waals surface area contributed by atoms with E-state index >= 15 is 0 Å². The van der Waals surface area contributed by atoms with Crippen molar-refractivity contribution in [3.8, 4) is 0 Å². The third-order valence-electron chi connectivity index (χ3n) is 2.70. The topological polar surface area (TPSA) is 71.8 Å². The molecule has 2 aromatic carbocycles. The molecule has 3 aromatic rings. The maximum Gasteiger partial charge on any atom is 0.267 e. The average Bonchev–Trinajstić information content (AvgIpc) is 2.73. The third-order valence-corrected chi connectivity index (χ3v) is 2.70. The Morgan fingerprint density at radius 2 is 1.88 bits per heavy atom. The number of fused-ring (bicyclic) bond motifs is 3. The van der Waals surface area contributed by atoms with E-state index in [2.05, 4.69) is 10.2 Å². The smallest absolute Gasteiger partial charge is 0.267 e. The molecule has 0 radical (unpaired) electrons. The van der Waals surface area contributed by atoms with E-state index < -0.39 is 5.91 Å². The number of carbonyl (C=O) groups excluding carboxylic acids is 1. The van der Waals surface area contributed by atoms with E-state index in [1.165, 1.54) is 0 Å². The van der Waals surface area contributed by atoms with Crippen LogP contribution in [0.5, 0.6) is 0 Å². The van der Waals surface area contributed by atoms with Crippen LogP contribution in [-0.4, -0.2) is 16.1 Å². The number of benzene rings is 2. The molecule has 0 spiro atoms. The molecule has 0 bridgehead atoms. The first-order chi connectivity index (χ1) is 7.77. The zero-order valence-corrected chi connectivity index (χ0v) is 9.62. The highest BCUT2D eigenvalue weighted by atomic mass is 35.5. The van der Waals surface area contributed by atoms with E-state index in [4.69, 9.17) is 5.73 Å². The SMILES string of the molecule is Cl.NC(=O)c1[nH]nc2c1ccc1ccccc12. The number of hydrogen-bond donors (Lipinski definition) is 2. The number of hydrogen-bond acceptors (Lipinski definition) is 2. The molecular formula is C12H10ClN3O. The number of nitrogens with one attached hydrogen (secondary N) is 1. The molecule has 0 saturated carbocycles. The number of aromatic amines is 1. The van der Waals surface area contributed by atoms with Gasteiger partial charge in [-0.3, -0.25) is 9.89 Å². The molecule has 0 saturated heterocycles. The maximum atomic E-state index is 11.2. The van der Waals surface area contributed by atoms with Crippen LogP contribution in [0.3, 0.4) is 0 Å². The van der Waals surface area contributed by atoms with E-state index in [1.807, 2.05) is 36.4 Å². The summed E-state index contributed by atoms with van der Waals surface area (Å²) in [7, 11) is 0. The molecule has 3 rings (SSSR count). The quantitative estimate of drug-likeness (QED) is 0.692. The van der Waals surface area contributed by atoms with Crippen LogP contribution >= 0.6 is 12.4 Å². The second-order valence-electron chi connectivity index (χ2n) is 3.65. The normalized spacial score (nSPS) is 10.4. The Hall–Kier alpha value is -2.07. The minimum atomic E-state index is -0.488. The fourth-order valence-corrected chi connectivity index (χ4v) is 1.94. The summed E-state index contributed by atoms with van der Waals surface area (Å²) in [6.45, 7) is 0. The Bertz CT molecular complexity index is 705. The van der Waals surface area contributed by atoms with Gasteiger partial charge in [0.1, 0.15) is 11.2 Å². The van der Waals surface area contributed by atoms with Gasteiger partial charge in [0, 0.05) is 10.8 Å². The van der Waals surface area contributed by atoms with Crippen LogP contribution < -0.4 is 5.73 Å². The van der Waals surface area contributed by atoms with Gasteiger partial charge in [0.2, 0.25) is 0 Å². The molecule has 0 unspecified atom stereocenters. The molecule has 5 heteroatoms. The summed E-state index contributed by atoms with van der Waals surface area (Å²) in [5.41, 5.74) is 6.40. The van der Waals surface area contributed by atoms with Crippen LogP contribution in [0.4, 0.5) is 0 Å². The fourth-order valence-electron chi connectivity index (χ4n) is 1.94. The van der Waals surface area contributed by atoms with Crippen molar-refractivity contribution in [2.24, 2.45) is 5.73 Å². The number of rotatable bonds is 1. The molecule has 1 heterocycles. The number of primary amides is 1. The molecule has 0 aliphatic heterocycles. The first kappa shape index (κ1) is 11.4. The fraction of sp³-hybridized carbons (Fsp3) is 0. The number of nitrogens with zero attached hydrogens (tertiary/aromatic N) is 1. The van der Waals surface area contributed by atoms with Crippen molar-refractivity contribution in [3.05, 3.63) is 42.1 Å². The molecule has 0 atom stereocenters. The monoisotopic (exact) mass is 247 g/mol. The molecule has 0 fully saturated rings.